The summed E-state index contributed by atoms with van der Waals surface area (Å²) in [5, 5.41) is 3.90. The first kappa shape index (κ1) is 27.9. The van der Waals surface area contributed by atoms with E-state index in [4.69, 9.17) is 4.74 Å². The standard InChI is InChI=1S/C19H19F8N3O5/c1-17(2,3)35-16(33)29-12-13(15(32)34-7-19(25,26)27)28-10-4-8(20)9(21)5-11(10)30(14(12)31)6-18(22,23)24/h4-5,12-13,28H,6-7H2,1-3H3,(H,29,33). The molecule has 0 fully saturated rings. The zero-order chi connectivity index (χ0) is 26.9. The Balaban J connectivity index is 2.60. The van der Waals surface area contributed by atoms with E-state index in [-0.39, 0.29) is 11.0 Å². The second-order valence-corrected chi connectivity index (χ2v) is 8.29. The van der Waals surface area contributed by atoms with Crippen LogP contribution in [0.2, 0.25) is 0 Å². The number of carbonyl (C=O) groups is 3. The van der Waals surface area contributed by atoms with Gasteiger partial charge in [-0.2, -0.15) is 26.3 Å². The molecule has 0 aromatic heterocycles. The first-order valence-electron chi connectivity index (χ1n) is 9.64. The molecule has 0 saturated carbocycles. The Kier molecular flexibility index (Phi) is 7.76. The van der Waals surface area contributed by atoms with E-state index in [1.807, 2.05) is 5.32 Å². The van der Waals surface area contributed by atoms with Crippen LogP contribution in [0.1, 0.15) is 20.8 Å². The Hall–Kier alpha value is -3.33. The third-order valence-electron chi connectivity index (χ3n) is 4.15. The smallest absolute Gasteiger partial charge is 0.422 e. The highest BCUT2D eigenvalue weighted by Crippen LogP contribution is 2.35. The number of benzene rings is 1. The molecule has 2 rings (SSSR count). The van der Waals surface area contributed by atoms with Gasteiger partial charge >= 0.3 is 24.4 Å². The number of halogens is 8. The lowest BCUT2D eigenvalue weighted by molar-refractivity contribution is -0.187. The molecule has 2 amide bonds. The molecular weight excluding hydrogens is 502 g/mol. The number of anilines is 2. The zero-order valence-electron chi connectivity index (χ0n) is 18.2. The monoisotopic (exact) mass is 521 g/mol. The Bertz CT molecular complexity index is 990. The molecule has 0 spiro atoms. The fraction of sp³-hybridized carbons (Fsp3) is 0.526. The molecule has 2 N–H and O–H groups in total. The minimum absolute atomic E-state index is 0.107. The summed E-state index contributed by atoms with van der Waals surface area (Å²) in [6.45, 7) is -0.0821. The highest BCUT2D eigenvalue weighted by Gasteiger charge is 2.47. The molecule has 196 valence electrons. The van der Waals surface area contributed by atoms with E-state index in [0.29, 0.717) is 6.07 Å². The topological polar surface area (TPSA) is 97.0 Å². The summed E-state index contributed by atoms with van der Waals surface area (Å²) in [6, 6.07) is -4.12. The van der Waals surface area contributed by atoms with E-state index >= 15 is 0 Å². The minimum atomic E-state index is -5.11. The fourth-order valence-electron chi connectivity index (χ4n) is 2.92. The third kappa shape index (κ3) is 7.85. The molecule has 0 bridgehead atoms. The van der Waals surface area contributed by atoms with Gasteiger partial charge in [-0.25, -0.2) is 18.4 Å². The van der Waals surface area contributed by atoms with Crippen molar-refractivity contribution < 1.29 is 59.0 Å². The summed E-state index contributed by atoms with van der Waals surface area (Å²) < 4.78 is 114. The number of nitrogens with zero attached hydrogens (tertiary/aromatic N) is 1. The van der Waals surface area contributed by atoms with Crippen LogP contribution >= 0.6 is 0 Å². The SMILES string of the molecule is CC(C)(C)OC(=O)NC1C(=O)N(CC(F)(F)F)c2cc(F)c(F)cc2NC1C(=O)OCC(F)(F)F. The average Bonchev–Trinajstić information content (AvgIpc) is 2.75. The molecule has 35 heavy (non-hydrogen) atoms. The van der Waals surface area contributed by atoms with Gasteiger partial charge in [-0.3, -0.25) is 9.69 Å². The van der Waals surface area contributed by atoms with Crippen molar-refractivity contribution in [1.82, 2.24) is 5.32 Å². The Morgan fingerprint density at radius 1 is 1.03 bits per heavy atom. The number of hydrogen-bond acceptors (Lipinski definition) is 6. The van der Waals surface area contributed by atoms with E-state index < -0.39 is 84.2 Å². The molecular formula is C19H19F8N3O5. The molecule has 1 aromatic rings. The van der Waals surface area contributed by atoms with Gasteiger partial charge in [0.15, 0.2) is 24.3 Å². The molecule has 0 radical (unpaired) electrons. The van der Waals surface area contributed by atoms with Crippen LogP contribution < -0.4 is 15.5 Å². The Morgan fingerprint density at radius 3 is 2.11 bits per heavy atom. The molecule has 1 heterocycles. The van der Waals surface area contributed by atoms with Gasteiger partial charge in [0.1, 0.15) is 18.2 Å². The molecule has 2 atom stereocenters. The first-order valence-corrected chi connectivity index (χ1v) is 9.64. The van der Waals surface area contributed by atoms with Crippen molar-refractivity contribution in [1.29, 1.82) is 0 Å². The third-order valence-corrected chi connectivity index (χ3v) is 4.15. The van der Waals surface area contributed by atoms with Crippen LogP contribution in [-0.4, -0.2) is 61.2 Å². The molecule has 1 aromatic carbocycles. The number of rotatable bonds is 4. The summed E-state index contributed by atoms with van der Waals surface area (Å²) in [6.07, 6.45) is -11.6. The summed E-state index contributed by atoms with van der Waals surface area (Å²) in [5.74, 6) is -6.81. The van der Waals surface area contributed by atoms with E-state index in [1.54, 1.807) is 0 Å². The van der Waals surface area contributed by atoms with Crippen LogP contribution in [-0.2, 0) is 19.1 Å². The summed E-state index contributed by atoms with van der Waals surface area (Å²) in [7, 11) is 0. The summed E-state index contributed by atoms with van der Waals surface area (Å²) >= 11 is 0. The number of nitrogens with one attached hydrogen (secondary N) is 2. The molecule has 0 saturated heterocycles. The van der Waals surface area contributed by atoms with E-state index in [2.05, 4.69) is 10.1 Å². The highest BCUT2D eigenvalue weighted by atomic mass is 19.4. The van der Waals surface area contributed by atoms with Gasteiger partial charge in [0, 0.05) is 12.1 Å². The number of esters is 1. The number of alkyl halides is 6. The number of carbonyl (C=O) groups excluding carboxylic acids is 3. The number of fused-ring (bicyclic) bond motifs is 1. The number of hydrogen-bond donors (Lipinski definition) is 2. The van der Waals surface area contributed by atoms with Gasteiger partial charge in [-0.1, -0.05) is 0 Å². The molecule has 0 aliphatic carbocycles. The van der Waals surface area contributed by atoms with Crippen molar-refractivity contribution in [3.8, 4) is 0 Å². The van der Waals surface area contributed by atoms with Crippen molar-refractivity contribution in [3.05, 3.63) is 23.8 Å². The lowest BCUT2D eigenvalue weighted by atomic mass is 10.1. The van der Waals surface area contributed by atoms with E-state index in [0.717, 1.165) is 0 Å². The number of ether oxygens (including phenoxy) is 2. The van der Waals surface area contributed by atoms with Crippen LogP contribution in [0.25, 0.3) is 0 Å². The quantitative estimate of drug-likeness (QED) is 0.464. The van der Waals surface area contributed by atoms with Crippen LogP contribution in [0.15, 0.2) is 12.1 Å². The molecule has 16 heteroatoms. The van der Waals surface area contributed by atoms with Crippen LogP contribution in [0.5, 0.6) is 0 Å². The largest absolute Gasteiger partial charge is 0.454 e. The van der Waals surface area contributed by atoms with Crippen molar-refractivity contribution >= 4 is 29.3 Å². The van der Waals surface area contributed by atoms with Crippen molar-refractivity contribution in [3.63, 3.8) is 0 Å². The summed E-state index contributed by atoms with van der Waals surface area (Å²) in [5.41, 5.74) is -2.85. The van der Waals surface area contributed by atoms with Gasteiger partial charge in [0.25, 0.3) is 5.91 Å². The first-order chi connectivity index (χ1) is 15.8. The average molecular weight is 521 g/mol. The minimum Gasteiger partial charge on any atom is -0.454 e. The second-order valence-electron chi connectivity index (χ2n) is 8.29. The van der Waals surface area contributed by atoms with Gasteiger partial charge in [-0.05, 0) is 20.8 Å². The predicted octanol–water partition coefficient (Wildman–Crippen LogP) is 3.65. The Labute approximate surface area is 192 Å². The highest BCUT2D eigenvalue weighted by molar-refractivity contribution is 6.07. The lowest BCUT2D eigenvalue weighted by Crippen LogP contribution is -2.59. The van der Waals surface area contributed by atoms with Crippen molar-refractivity contribution in [2.45, 2.75) is 50.8 Å². The predicted molar refractivity (Wildman–Crippen MR) is 102 cm³/mol. The zero-order valence-corrected chi connectivity index (χ0v) is 18.2. The van der Waals surface area contributed by atoms with E-state index in [9.17, 15) is 49.5 Å². The van der Waals surface area contributed by atoms with Crippen molar-refractivity contribution in [2.24, 2.45) is 0 Å². The fourth-order valence-corrected chi connectivity index (χ4v) is 2.92. The van der Waals surface area contributed by atoms with Gasteiger partial charge < -0.3 is 20.1 Å². The molecule has 1 aliphatic rings. The van der Waals surface area contributed by atoms with E-state index in [1.165, 1.54) is 20.8 Å². The lowest BCUT2D eigenvalue weighted by Gasteiger charge is -2.29. The van der Waals surface area contributed by atoms with Gasteiger partial charge in [-0.15, -0.1) is 0 Å². The second kappa shape index (κ2) is 9.73. The van der Waals surface area contributed by atoms with Gasteiger partial charge in [0.05, 0.1) is 11.4 Å². The maximum Gasteiger partial charge on any atom is 0.422 e. The van der Waals surface area contributed by atoms with Gasteiger partial charge in [0.2, 0.25) is 0 Å². The van der Waals surface area contributed by atoms with Crippen LogP contribution in [0.3, 0.4) is 0 Å². The maximum absolute atomic E-state index is 13.8. The van der Waals surface area contributed by atoms with Crippen LogP contribution in [0, 0.1) is 11.6 Å². The maximum atomic E-state index is 13.8. The number of amides is 2. The molecule has 2 unspecified atom stereocenters. The molecule has 8 nitrogen and oxygen atoms in total. The van der Waals surface area contributed by atoms with Crippen LogP contribution in [0.4, 0.5) is 51.3 Å². The summed E-state index contributed by atoms with van der Waals surface area (Å²) in [4.78, 5) is 37.6. The normalized spacial score (nSPS) is 18.8. The number of alkyl carbamates (subject to hydrolysis) is 1. The van der Waals surface area contributed by atoms with Crippen molar-refractivity contribution in [2.75, 3.05) is 23.4 Å². The molecule has 1 aliphatic heterocycles. The Morgan fingerprint density at radius 2 is 1.60 bits per heavy atom.